The van der Waals surface area contributed by atoms with E-state index in [9.17, 15) is 4.79 Å². The van der Waals surface area contributed by atoms with Crippen LogP contribution in [0.2, 0.25) is 0 Å². The molecule has 1 aliphatic rings. The molecular formula is C9H16O3. The Morgan fingerprint density at radius 2 is 2.17 bits per heavy atom. The van der Waals surface area contributed by atoms with Gasteiger partial charge in [-0.15, -0.1) is 0 Å². The predicted octanol–water partition coefficient (Wildman–Crippen LogP) is 1.10. The molecule has 0 aromatic carbocycles. The van der Waals surface area contributed by atoms with Crippen molar-refractivity contribution in [1.82, 2.24) is 0 Å². The van der Waals surface area contributed by atoms with Crippen molar-refractivity contribution in [2.75, 3.05) is 6.61 Å². The molecule has 0 bridgehead atoms. The Balaban J connectivity index is 2.12. The van der Waals surface area contributed by atoms with Crippen molar-refractivity contribution in [1.29, 1.82) is 0 Å². The highest BCUT2D eigenvalue weighted by molar-refractivity contribution is 5.73. The van der Waals surface area contributed by atoms with E-state index in [2.05, 4.69) is 0 Å². The SMILES string of the molecule is CC(O)C(=O)OCC1CCCC1. The van der Waals surface area contributed by atoms with Crippen molar-refractivity contribution in [3.8, 4) is 0 Å². The van der Waals surface area contributed by atoms with Crippen molar-refractivity contribution in [2.45, 2.75) is 38.7 Å². The first kappa shape index (κ1) is 9.52. The number of hydrogen-bond acceptors (Lipinski definition) is 3. The second-order valence-electron chi connectivity index (χ2n) is 3.46. The molecule has 0 aliphatic heterocycles. The maximum Gasteiger partial charge on any atom is 0.334 e. The molecule has 3 nitrogen and oxygen atoms in total. The van der Waals surface area contributed by atoms with Gasteiger partial charge in [-0.05, 0) is 25.7 Å². The van der Waals surface area contributed by atoms with Gasteiger partial charge in [0.25, 0.3) is 0 Å². The zero-order valence-electron chi connectivity index (χ0n) is 7.45. The van der Waals surface area contributed by atoms with Gasteiger partial charge in [0.1, 0.15) is 6.10 Å². The molecule has 0 amide bonds. The molecule has 0 heterocycles. The van der Waals surface area contributed by atoms with Crippen molar-refractivity contribution in [2.24, 2.45) is 5.92 Å². The minimum atomic E-state index is -0.980. The van der Waals surface area contributed by atoms with Crippen molar-refractivity contribution < 1.29 is 14.6 Å². The highest BCUT2D eigenvalue weighted by atomic mass is 16.5. The summed E-state index contributed by atoms with van der Waals surface area (Å²) in [4.78, 5) is 10.8. The number of ether oxygens (including phenoxy) is 1. The molecule has 3 heteroatoms. The van der Waals surface area contributed by atoms with Crippen LogP contribution in [0.1, 0.15) is 32.6 Å². The van der Waals surface area contributed by atoms with Crippen LogP contribution in [0.25, 0.3) is 0 Å². The van der Waals surface area contributed by atoms with Gasteiger partial charge in [0.05, 0.1) is 6.61 Å². The number of esters is 1. The zero-order chi connectivity index (χ0) is 8.97. The lowest BCUT2D eigenvalue weighted by Gasteiger charge is -2.10. The van der Waals surface area contributed by atoms with Gasteiger partial charge in [-0.3, -0.25) is 0 Å². The predicted molar refractivity (Wildman–Crippen MR) is 44.6 cm³/mol. The summed E-state index contributed by atoms with van der Waals surface area (Å²) in [6.45, 7) is 1.92. The quantitative estimate of drug-likeness (QED) is 0.648. The summed E-state index contributed by atoms with van der Waals surface area (Å²) in [5.41, 5.74) is 0. The van der Waals surface area contributed by atoms with Crippen LogP contribution in [-0.2, 0) is 9.53 Å². The van der Waals surface area contributed by atoms with Gasteiger partial charge in [0.2, 0.25) is 0 Å². The third-order valence-corrected chi connectivity index (χ3v) is 2.28. The van der Waals surface area contributed by atoms with Crippen LogP contribution < -0.4 is 0 Å². The molecule has 0 saturated heterocycles. The molecule has 1 fully saturated rings. The Morgan fingerprint density at radius 1 is 1.58 bits per heavy atom. The Labute approximate surface area is 72.7 Å². The number of carbonyl (C=O) groups is 1. The molecule has 1 unspecified atom stereocenters. The topological polar surface area (TPSA) is 46.5 Å². The van der Waals surface area contributed by atoms with Gasteiger partial charge in [0.15, 0.2) is 0 Å². The van der Waals surface area contributed by atoms with Gasteiger partial charge in [0, 0.05) is 0 Å². The number of rotatable bonds is 3. The van der Waals surface area contributed by atoms with Gasteiger partial charge in [-0.25, -0.2) is 4.79 Å². The fourth-order valence-electron chi connectivity index (χ4n) is 1.50. The molecule has 0 spiro atoms. The Hall–Kier alpha value is -0.570. The summed E-state index contributed by atoms with van der Waals surface area (Å²) in [6.07, 6.45) is 3.83. The largest absolute Gasteiger partial charge is 0.463 e. The lowest BCUT2D eigenvalue weighted by atomic mass is 10.1. The van der Waals surface area contributed by atoms with E-state index < -0.39 is 12.1 Å². The highest BCUT2D eigenvalue weighted by Crippen LogP contribution is 2.24. The van der Waals surface area contributed by atoms with Gasteiger partial charge in [-0.2, -0.15) is 0 Å². The second kappa shape index (κ2) is 4.45. The normalized spacial score (nSPS) is 20.8. The van der Waals surface area contributed by atoms with E-state index in [0.29, 0.717) is 12.5 Å². The standard InChI is InChI=1S/C9H16O3/c1-7(10)9(11)12-6-8-4-2-3-5-8/h7-8,10H,2-6H2,1H3. The summed E-state index contributed by atoms with van der Waals surface area (Å²) < 4.78 is 4.90. The van der Waals surface area contributed by atoms with Crippen LogP contribution in [0.4, 0.5) is 0 Å². The minimum absolute atomic E-state index is 0.490. The first-order chi connectivity index (χ1) is 5.70. The lowest BCUT2D eigenvalue weighted by Crippen LogP contribution is -2.21. The van der Waals surface area contributed by atoms with E-state index in [1.807, 2.05) is 0 Å². The van der Waals surface area contributed by atoms with Gasteiger partial charge < -0.3 is 9.84 Å². The summed E-state index contributed by atoms with van der Waals surface area (Å²) in [7, 11) is 0. The van der Waals surface area contributed by atoms with E-state index in [0.717, 1.165) is 12.8 Å². The van der Waals surface area contributed by atoms with E-state index in [-0.39, 0.29) is 0 Å². The molecule has 1 saturated carbocycles. The number of aliphatic hydroxyl groups is 1. The van der Waals surface area contributed by atoms with E-state index in [1.165, 1.54) is 19.8 Å². The Kier molecular flexibility index (Phi) is 3.53. The van der Waals surface area contributed by atoms with Crippen LogP contribution in [-0.4, -0.2) is 23.8 Å². The lowest BCUT2D eigenvalue weighted by molar-refractivity contribution is -0.153. The maximum atomic E-state index is 10.8. The van der Waals surface area contributed by atoms with Crippen molar-refractivity contribution in [3.05, 3.63) is 0 Å². The first-order valence-corrected chi connectivity index (χ1v) is 4.55. The van der Waals surface area contributed by atoms with Crippen LogP contribution in [0.3, 0.4) is 0 Å². The fourth-order valence-corrected chi connectivity index (χ4v) is 1.50. The number of hydrogen-bond donors (Lipinski definition) is 1. The maximum absolute atomic E-state index is 10.8. The van der Waals surface area contributed by atoms with Crippen LogP contribution in [0, 0.1) is 5.92 Å². The average molecular weight is 172 g/mol. The van der Waals surface area contributed by atoms with Crippen LogP contribution in [0.15, 0.2) is 0 Å². The molecule has 0 aromatic heterocycles. The highest BCUT2D eigenvalue weighted by Gasteiger charge is 2.18. The van der Waals surface area contributed by atoms with E-state index >= 15 is 0 Å². The smallest absolute Gasteiger partial charge is 0.334 e. The monoisotopic (exact) mass is 172 g/mol. The summed E-state index contributed by atoms with van der Waals surface area (Å²) >= 11 is 0. The molecule has 1 atom stereocenters. The molecule has 70 valence electrons. The van der Waals surface area contributed by atoms with E-state index in [1.54, 1.807) is 0 Å². The Morgan fingerprint density at radius 3 is 2.67 bits per heavy atom. The van der Waals surface area contributed by atoms with Crippen LogP contribution in [0.5, 0.6) is 0 Å². The van der Waals surface area contributed by atoms with E-state index in [4.69, 9.17) is 9.84 Å². The molecule has 1 rings (SSSR count). The van der Waals surface area contributed by atoms with Gasteiger partial charge >= 0.3 is 5.97 Å². The molecule has 1 aliphatic carbocycles. The molecule has 1 N–H and O–H groups in total. The number of aliphatic hydroxyl groups excluding tert-OH is 1. The molecule has 0 aromatic rings. The Bertz CT molecular complexity index is 148. The van der Waals surface area contributed by atoms with Gasteiger partial charge in [-0.1, -0.05) is 12.8 Å². The summed E-state index contributed by atoms with van der Waals surface area (Å²) in [6, 6.07) is 0. The fraction of sp³-hybridized carbons (Fsp3) is 0.889. The second-order valence-corrected chi connectivity index (χ2v) is 3.46. The molecule has 0 radical (unpaired) electrons. The van der Waals surface area contributed by atoms with Crippen molar-refractivity contribution >= 4 is 5.97 Å². The molecule has 12 heavy (non-hydrogen) atoms. The minimum Gasteiger partial charge on any atom is -0.463 e. The first-order valence-electron chi connectivity index (χ1n) is 4.55. The third kappa shape index (κ3) is 2.81. The molecular weight excluding hydrogens is 156 g/mol. The summed E-state index contributed by atoms with van der Waals surface area (Å²) in [5.74, 6) is 0.0367. The van der Waals surface area contributed by atoms with Crippen LogP contribution >= 0.6 is 0 Å². The number of carbonyl (C=O) groups excluding carboxylic acids is 1. The average Bonchev–Trinajstić information content (AvgIpc) is 2.51. The zero-order valence-corrected chi connectivity index (χ0v) is 7.45. The van der Waals surface area contributed by atoms with Crippen molar-refractivity contribution in [3.63, 3.8) is 0 Å². The third-order valence-electron chi connectivity index (χ3n) is 2.28. The summed E-state index contributed by atoms with van der Waals surface area (Å²) in [5, 5.41) is 8.82.